The van der Waals surface area contributed by atoms with Gasteiger partial charge in [-0.15, -0.1) is 0 Å². The highest BCUT2D eigenvalue weighted by Gasteiger charge is 2.30. The van der Waals surface area contributed by atoms with E-state index in [1.165, 1.54) is 5.56 Å². The van der Waals surface area contributed by atoms with Crippen LogP contribution < -0.4 is 14.8 Å². The number of carbonyl (C=O) groups is 1. The van der Waals surface area contributed by atoms with Crippen molar-refractivity contribution in [2.75, 3.05) is 34.4 Å². The van der Waals surface area contributed by atoms with Crippen LogP contribution in [-0.2, 0) is 0 Å². The Morgan fingerprint density at radius 2 is 1.73 bits per heavy atom. The SMILES string of the molecule is COc1cc(OC)cc(C(=O)N[C@H]2CCN(C)C[C@H]2c2ccccc2)c1. The Balaban J connectivity index is 1.80. The molecule has 0 unspecified atom stereocenters. The molecule has 1 heterocycles. The summed E-state index contributed by atoms with van der Waals surface area (Å²) in [6, 6.07) is 15.7. The molecule has 2 aromatic carbocycles. The smallest absolute Gasteiger partial charge is 0.251 e. The molecule has 0 radical (unpaired) electrons. The number of benzene rings is 2. The van der Waals surface area contributed by atoms with Gasteiger partial charge in [-0.1, -0.05) is 30.3 Å². The molecule has 0 saturated carbocycles. The summed E-state index contributed by atoms with van der Waals surface area (Å²) in [4.78, 5) is 15.2. The third-order valence-electron chi connectivity index (χ3n) is 4.97. The van der Waals surface area contributed by atoms with Crippen LogP contribution in [0.4, 0.5) is 0 Å². The molecule has 2 aromatic rings. The zero-order valence-corrected chi connectivity index (χ0v) is 15.6. The molecular formula is C21H26N2O3. The number of nitrogens with zero attached hydrogens (tertiary/aromatic N) is 1. The van der Waals surface area contributed by atoms with Gasteiger partial charge in [0.15, 0.2) is 0 Å². The number of methoxy groups -OCH3 is 2. The first-order chi connectivity index (χ1) is 12.6. The summed E-state index contributed by atoms with van der Waals surface area (Å²) in [6.07, 6.45) is 0.920. The van der Waals surface area contributed by atoms with Gasteiger partial charge in [0.05, 0.1) is 14.2 Å². The van der Waals surface area contributed by atoms with Crippen LogP contribution in [0.2, 0.25) is 0 Å². The first-order valence-corrected chi connectivity index (χ1v) is 8.88. The van der Waals surface area contributed by atoms with Gasteiger partial charge in [0.1, 0.15) is 11.5 Å². The van der Waals surface area contributed by atoms with E-state index in [2.05, 4.69) is 41.5 Å². The highest BCUT2D eigenvalue weighted by atomic mass is 16.5. The second kappa shape index (κ2) is 8.23. The van der Waals surface area contributed by atoms with E-state index in [0.717, 1.165) is 19.5 Å². The van der Waals surface area contributed by atoms with E-state index in [1.807, 2.05) is 6.07 Å². The van der Waals surface area contributed by atoms with E-state index in [4.69, 9.17) is 9.47 Å². The Hall–Kier alpha value is -2.53. The molecule has 1 saturated heterocycles. The van der Waals surface area contributed by atoms with Gasteiger partial charge >= 0.3 is 0 Å². The quantitative estimate of drug-likeness (QED) is 0.897. The zero-order valence-electron chi connectivity index (χ0n) is 15.6. The van der Waals surface area contributed by atoms with Crippen LogP contribution in [0.25, 0.3) is 0 Å². The molecule has 1 aliphatic rings. The van der Waals surface area contributed by atoms with Gasteiger partial charge < -0.3 is 19.7 Å². The van der Waals surface area contributed by atoms with Crippen molar-refractivity contribution in [3.8, 4) is 11.5 Å². The van der Waals surface area contributed by atoms with Crippen molar-refractivity contribution < 1.29 is 14.3 Å². The Bertz CT molecular complexity index is 726. The van der Waals surface area contributed by atoms with Gasteiger partial charge in [0.25, 0.3) is 5.91 Å². The van der Waals surface area contributed by atoms with Gasteiger partial charge in [0, 0.05) is 30.1 Å². The molecule has 3 rings (SSSR count). The predicted molar refractivity (Wildman–Crippen MR) is 102 cm³/mol. The van der Waals surface area contributed by atoms with E-state index < -0.39 is 0 Å². The van der Waals surface area contributed by atoms with Crippen LogP contribution in [-0.4, -0.2) is 51.2 Å². The number of hydrogen-bond acceptors (Lipinski definition) is 4. The maximum atomic E-state index is 12.9. The molecule has 0 bridgehead atoms. The number of likely N-dealkylation sites (N-methyl/N-ethyl adjacent to an activating group) is 1. The van der Waals surface area contributed by atoms with Gasteiger partial charge in [-0.05, 0) is 37.7 Å². The molecule has 138 valence electrons. The van der Waals surface area contributed by atoms with Crippen molar-refractivity contribution in [2.45, 2.75) is 18.4 Å². The van der Waals surface area contributed by atoms with Crippen LogP contribution in [0, 0.1) is 0 Å². The second-order valence-electron chi connectivity index (χ2n) is 6.75. The van der Waals surface area contributed by atoms with Crippen LogP contribution in [0.5, 0.6) is 11.5 Å². The topological polar surface area (TPSA) is 50.8 Å². The lowest BCUT2D eigenvalue weighted by molar-refractivity contribution is 0.0904. The molecule has 1 N–H and O–H groups in total. The van der Waals surface area contributed by atoms with Gasteiger partial charge in [-0.25, -0.2) is 0 Å². The number of piperidine rings is 1. The van der Waals surface area contributed by atoms with Crippen molar-refractivity contribution in [3.63, 3.8) is 0 Å². The minimum atomic E-state index is -0.0994. The number of amides is 1. The van der Waals surface area contributed by atoms with Crippen LogP contribution in [0.3, 0.4) is 0 Å². The van der Waals surface area contributed by atoms with E-state index >= 15 is 0 Å². The van der Waals surface area contributed by atoms with Crippen LogP contribution in [0.15, 0.2) is 48.5 Å². The van der Waals surface area contributed by atoms with Crippen molar-refractivity contribution in [3.05, 3.63) is 59.7 Å². The average molecular weight is 354 g/mol. The maximum absolute atomic E-state index is 12.9. The lowest BCUT2D eigenvalue weighted by Gasteiger charge is -2.37. The number of hydrogen-bond donors (Lipinski definition) is 1. The first-order valence-electron chi connectivity index (χ1n) is 8.88. The normalized spacial score (nSPS) is 20.4. The zero-order chi connectivity index (χ0) is 18.5. The fourth-order valence-electron chi connectivity index (χ4n) is 3.52. The Kier molecular flexibility index (Phi) is 5.78. The molecule has 5 nitrogen and oxygen atoms in total. The minimum Gasteiger partial charge on any atom is -0.497 e. The monoisotopic (exact) mass is 354 g/mol. The largest absolute Gasteiger partial charge is 0.497 e. The molecule has 0 aliphatic carbocycles. The molecule has 0 aromatic heterocycles. The van der Waals surface area contributed by atoms with Gasteiger partial charge in [-0.3, -0.25) is 4.79 Å². The molecule has 0 spiro atoms. The Morgan fingerprint density at radius 1 is 1.08 bits per heavy atom. The highest BCUT2D eigenvalue weighted by Crippen LogP contribution is 2.28. The van der Waals surface area contributed by atoms with Crippen molar-refractivity contribution in [1.82, 2.24) is 10.2 Å². The van der Waals surface area contributed by atoms with Crippen molar-refractivity contribution in [2.24, 2.45) is 0 Å². The van der Waals surface area contributed by atoms with Gasteiger partial charge in [-0.2, -0.15) is 0 Å². The summed E-state index contributed by atoms with van der Waals surface area (Å²) in [7, 11) is 5.29. The third kappa shape index (κ3) is 4.17. The summed E-state index contributed by atoms with van der Waals surface area (Å²) in [5.74, 6) is 1.39. The number of likely N-dealkylation sites (tertiary alicyclic amines) is 1. The average Bonchev–Trinajstić information content (AvgIpc) is 2.69. The van der Waals surface area contributed by atoms with Crippen LogP contribution >= 0.6 is 0 Å². The fraction of sp³-hybridized carbons (Fsp3) is 0.381. The second-order valence-corrected chi connectivity index (χ2v) is 6.75. The Morgan fingerprint density at radius 3 is 2.35 bits per heavy atom. The summed E-state index contributed by atoms with van der Waals surface area (Å²) < 4.78 is 10.6. The van der Waals surface area contributed by atoms with E-state index in [9.17, 15) is 4.79 Å². The predicted octanol–water partition coefficient (Wildman–Crippen LogP) is 2.92. The molecule has 1 amide bonds. The molecule has 1 fully saturated rings. The van der Waals surface area contributed by atoms with Crippen molar-refractivity contribution >= 4 is 5.91 Å². The number of carbonyl (C=O) groups excluding carboxylic acids is 1. The van der Waals surface area contributed by atoms with Gasteiger partial charge in [0.2, 0.25) is 0 Å². The van der Waals surface area contributed by atoms with Crippen molar-refractivity contribution in [1.29, 1.82) is 0 Å². The van der Waals surface area contributed by atoms with E-state index in [-0.39, 0.29) is 17.9 Å². The number of rotatable bonds is 5. The summed E-state index contributed by atoms with van der Waals surface area (Å²) in [5, 5.41) is 3.23. The minimum absolute atomic E-state index is 0.0956. The highest BCUT2D eigenvalue weighted by molar-refractivity contribution is 5.95. The van der Waals surface area contributed by atoms with E-state index in [1.54, 1.807) is 32.4 Å². The first kappa shape index (κ1) is 18.3. The number of nitrogens with one attached hydrogen (secondary N) is 1. The molecule has 2 atom stereocenters. The molecule has 26 heavy (non-hydrogen) atoms. The standard InChI is InChI=1S/C21H26N2O3/c1-23-10-9-20(19(14-23)15-7-5-4-6-8-15)22-21(24)16-11-17(25-2)13-18(12-16)26-3/h4-8,11-13,19-20H,9-10,14H2,1-3H3,(H,22,24)/t19-,20-/m0/s1. The lowest BCUT2D eigenvalue weighted by atomic mass is 9.86. The molecular weight excluding hydrogens is 328 g/mol. The maximum Gasteiger partial charge on any atom is 0.251 e. The van der Waals surface area contributed by atoms with E-state index in [0.29, 0.717) is 17.1 Å². The fourth-order valence-corrected chi connectivity index (χ4v) is 3.52. The third-order valence-corrected chi connectivity index (χ3v) is 4.97. The summed E-state index contributed by atoms with van der Waals surface area (Å²) in [5.41, 5.74) is 1.81. The summed E-state index contributed by atoms with van der Waals surface area (Å²) in [6.45, 7) is 1.89. The molecule has 1 aliphatic heterocycles. The molecule has 5 heteroatoms. The number of ether oxygens (including phenoxy) is 2. The summed E-state index contributed by atoms with van der Waals surface area (Å²) >= 11 is 0. The Labute approximate surface area is 154 Å². The lowest BCUT2D eigenvalue weighted by Crippen LogP contribution is -2.48. The van der Waals surface area contributed by atoms with Crippen LogP contribution in [0.1, 0.15) is 28.3 Å².